The minimum atomic E-state index is 0.370. The van der Waals surface area contributed by atoms with Crippen LogP contribution in [-0.2, 0) is 0 Å². The molecule has 0 amide bonds. The Morgan fingerprint density at radius 3 is 2.65 bits per heavy atom. The van der Waals surface area contributed by atoms with Crippen molar-refractivity contribution in [3.05, 3.63) is 36.0 Å². The molecule has 1 aromatic carbocycles. The van der Waals surface area contributed by atoms with Crippen LogP contribution >= 0.6 is 0 Å². The Morgan fingerprint density at radius 1 is 1.12 bits per heavy atom. The monoisotopic (exact) mass is 227 g/mol. The van der Waals surface area contributed by atoms with E-state index in [9.17, 15) is 0 Å². The van der Waals surface area contributed by atoms with Crippen LogP contribution in [0, 0.1) is 6.92 Å². The van der Waals surface area contributed by atoms with Crippen molar-refractivity contribution in [1.82, 2.24) is 25.6 Å². The summed E-state index contributed by atoms with van der Waals surface area (Å²) in [5.74, 6) is 0.915. The third kappa shape index (κ3) is 1.69. The van der Waals surface area contributed by atoms with Crippen molar-refractivity contribution in [2.75, 3.05) is 0 Å². The van der Waals surface area contributed by atoms with E-state index in [1.165, 1.54) is 0 Å². The van der Waals surface area contributed by atoms with E-state index >= 15 is 0 Å². The molecule has 6 heteroatoms. The first kappa shape index (κ1) is 9.71. The van der Waals surface area contributed by atoms with Gasteiger partial charge in [-0.15, -0.1) is 0 Å². The van der Waals surface area contributed by atoms with Crippen LogP contribution in [0.4, 0.5) is 0 Å². The lowest BCUT2D eigenvalue weighted by atomic mass is 10.2. The molecule has 0 aliphatic carbocycles. The molecule has 3 aromatic rings. The lowest BCUT2D eigenvalue weighted by Gasteiger charge is -1.90. The normalized spacial score (nSPS) is 10.6. The van der Waals surface area contributed by atoms with Gasteiger partial charge in [-0.05, 0) is 6.92 Å². The van der Waals surface area contributed by atoms with Crippen LogP contribution in [0.25, 0.3) is 23.0 Å². The molecule has 17 heavy (non-hydrogen) atoms. The zero-order valence-electron chi connectivity index (χ0n) is 9.08. The van der Waals surface area contributed by atoms with E-state index < -0.39 is 0 Å². The number of nitrogens with one attached hydrogen (secondary N) is 1. The third-order valence-corrected chi connectivity index (χ3v) is 2.38. The zero-order chi connectivity index (χ0) is 11.7. The van der Waals surface area contributed by atoms with Crippen molar-refractivity contribution in [3.63, 3.8) is 0 Å². The minimum absolute atomic E-state index is 0.370. The summed E-state index contributed by atoms with van der Waals surface area (Å²) in [5.41, 5.74) is 2.22. The number of H-pyrrole nitrogens is 1. The molecule has 0 atom stereocenters. The fourth-order valence-corrected chi connectivity index (χ4v) is 1.51. The molecule has 2 heterocycles. The average molecular weight is 227 g/mol. The van der Waals surface area contributed by atoms with Crippen molar-refractivity contribution >= 4 is 0 Å². The third-order valence-electron chi connectivity index (χ3n) is 2.38. The van der Waals surface area contributed by atoms with E-state index in [4.69, 9.17) is 4.52 Å². The number of aryl methyl sites for hydroxylation is 1. The van der Waals surface area contributed by atoms with E-state index in [0.717, 1.165) is 11.3 Å². The van der Waals surface area contributed by atoms with Crippen LogP contribution in [0.5, 0.6) is 0 Å². The van der Waals surface area contributed by atoms with Gasteiger partial charge in [0.25, 0.3) is 5.89 Å². The molecule has 2 aromatic heterocycles. The van der Waals surface area contributed by atoms with Gasteiger partial charge in [-0.25, -0.2) is 0 Å². The number of hydrogen-bond acceptors (Lipinski definition) is 5. The van der Waals surface area contributed by atoms with E-state index in [1.807, 2.05) is 37.3 Å². The highest BCUT2D eigenvalue weighted by Gasteiger charge is 2.15. The Kier molecular flexibility index (Phi) is 2.18. The van der Waals surface area contributed by atoms with Crippen molar-refractivity contribution in [2.45, 2.75) is 6.92 Å². The predicted octanol–water partition coefficient (Wildman–Crippen LogP) is 1.83. The van der Waals surface area contributed by atoms with E-state index in [1.54, 1.807) is 0 Å². The van der Waals surface area contributed by atoms with Gasteiger partial charge in [-0.1, -0.05) is 35.5 Å². The Balaban J connectivity index is 2.02. The van der Waals surface area contributed by atoms with Crippen LogP contribution in [0.3, 0.4) is 0 Å². The molecule has 0 radical (unpaired) electrons. The van der Waals surface area contributed by atoms with E-state index in [0.29, 0.717) is 17.4 Å². The van der Waals surface area contributed by atoms with Crippen molar-refractivity contribution < 1.29 is 4.52 Å². The molecule has 1 N–H and O–H groups in total. The maximum absolute atomic E-state index is 5.16. The molecule has 84 valence electrons. The van der Waals surface area contributed by atoms with Crippen molar-refractivity contribution in [3.8, 4) is 23.0 Å². The standard InChI is InChI=1S/C11H9N5O/c1-7-9(14-16-13-7)11-12-10(15-17-11)8-5-3-2-4-6-8/h2-6H,1H3,(H,13,14,16). The summed E-state index contributed by atoms with van der Waals surface area (Å²) in [5, 5.41) is 14.3. The zero-order valence-corrected chi connectivity index (χ0v) is 9.08. The topological polar surface area (TPSA) is 80.5 Å². The molecule has 0 spiro atoms. The number of hydrogen-bond donors (Lipinski definition) is 1. The lowest BCUT2D eigenvalue weighted by molar-refractivity contribution is 0.430. The maximum Gasteiger partial charge on any atom is 0.280 e. The van der Waals surface area contributed by atoms with Gasteiger partial charge in [-0.3, -0.25) is 0 Å². The van der Waals surface area contributed by atoms with Gasteiger partial charge in [0, 0.05) is 5.56 Å². The van der Waals surface area contributed by atoms with Crippen molar-refractivity contribution in [1.29, 1.82) is 0 Å². The molecule has 3 rings (SSSR count). The van der Waals surface area contributed by atoms with Crippen LogP contribution in [-0.4, -0.2) is 25.6 Å². The van der Waals surface area contributed by atoms with Crippen LogP contribution < -0.4 is 0 Å². The number of rotatable bonds is 2. The average Bonchev–Trinajstić information content (AvgIpc) is 2.98. The summed E-state index contributed by atoms with van der Waals surface area (Å²) >= 11 is 0. The second kappa shape index (κ2) is 3.82. The Morgan fingerprint density at radius 2 is 1.94 bits per heavy atom. The van der Waals surface area contributed by atoms with Gasteiger partial charge in [-0.2, -0.15) is 20.4 Å². The van der Waals surface area contributed by atoms with Crippen LogP contribution in [0.1, 0.15) is 5.69 Å². The molecule has 0 unspecified atom stereocenters. The Labute approximate surface area is 96.7 Å². The molecule has 0 aliphatic rings. The fraction of sp³-hybridized carbons (Fsp3) is 0.0909. The molecule has 0 fully saturated rings. The molecule has 0 saturated heterocycles. The Hall–Kier alpha value is -2.50. The molecule has 0 bridgehead atoms. The second-order valence-electron chi connectivity index (χ2n) is 3.55. The summed E-state index contributed by atoms with van der Waals surface area (Å²) in [6.07, 6.45) is 0. The summed E-state index contributed by atoms with van der Waals surface area (Å²) < 4.78 is 5.16. The SMILES string of the molecule is Cc1n[nH]nc1-c1nc(-c2ccccc2)no1. The molecule has 0 saturated carbocycles. The van der Waals surface area contributed by atoms with Gasteiger partial charge in [0.15, 0.2) is 5.69 Å². The van der Waals surface area contributed by atoms with Gasteiger partial charge in [0.2, 0.25) is 5.82 Å². The molecular weight excluding hydrogens is 218 g/mol. The highest BCUT2D eigenvalue weighted by atomic mass is 16.5. The maximum atomic E-state index is 5.16. The van der Waals surface area contributed by atoms with E-state index in [2.05, 4.69) is 25.6 Å². The van der Waals surface area contributed by atoms with Gasteiger partial charge in [0.1, 0.15) is 0 Å². The largest absolute Gasteiger partial charge is 0.332 e. The number of benzene rings is 1. The van der Waals surface area contributed by atoms with E-state index in [-0.39, 0.29) is 0 Å². The number of nitrogens with zero attached hydrogens (tertiary/aromatic N) is 4. The number of aromatic nitrogens is 5. The molecule has 6 nitrogen and oxygen atoms in total. The van der Waals surface area contributed by atoms with Gasteiger partial charge in [0.05, 0.1) is 5.69 Å². The highest BCUT2D eigenvalue weighted by Crippen LogP contribution is 2.21. The summed E-state index contributed by atoms with van der Waals surface area (Å²) in [6, 6.07) is 9.63. The lowest BCUT2D eigenvalue weighted by Crippen LogP contribution is -1.82. The van der Waals surface area contributed by atoms with Gasteiger partial charge >= 0.3 is 0 Å². The minimum Gasteiger partial charge on any atom is -0.332 e. The smallest absolute Gasteiger partial charge is 0.280 e. The summed E-state index contributed by atoms with van der Waals surface area (Å²) in [4.78, 5) is 4.28. The van der Waals surface area contributed by atoms with Crippen molar-refractivity contribution in [2.24, 2.45) is 0 Å². The summed E-state index contributed by atoms with van der Waals surface area (Å²) in [6.45, 7) is 1.82. The second-order valence-corrected chi connectivity index (χ2v) is 3.55. The first-order chi connectivity index (χ1) is 8.34. The fourth-order valence-electron chi connectivity index (χ4n) is 1.51. The number of aromatic amines is 1. The van der Waals surface area contributed by atoms with Crippen LogP contribution in [0.15, 0.2) is 34.9 Å². The summed E-state index contributed by atoms with van der Waals surface area (Å²) in [7, 11) is 0. The van der Waals surface area contributed by atoms with Crippen LogP contribution in [0.2, 0.25) is 0 Å². The van der Waals surface area contributed by atoms with Gasteiger partial charge < -0.3 is 4.52 Å². The Bertz CT molecular complexity index is 628. The molecular formula is C11H9N5O. The quantitative estimate of drug-likeness (QED) is 0.722. The highest BCUT2D eigenvalue weighted by molar-refractivity contribution is 5.58. The molecule has 0 aliphatic heterocycles. The first-order valence-corrected chi connectivity index (χ1v) is 5.11. The predicted molar refractivity (Wildman–Crippen MR) is 59.8 cm³/mol. The first-order valence-electron chi connectivity index (χ1n) is 5.11.